The van der Waals surface area contributed by atoms with E-state index < -0.39 is 0 Å². The van der Waals surface area contributed by atoms with E-state index in [1.54, 1.807) is 13.0 Å². The highest BCUT2D eigenvalue weighted by Gasteiger charge is 2.12. The number of rotatable bonds is 2. The molecule has 0 saturated carbocycles. The molecule has 2 heteroatoms. The van der Waals surface area contributed by atoms with Crippen molar-refractivity contribution in [2.75, 3.05) is 0 Å². The van der Waals surface area contributed by atoms with Gasteiger partial charge in [0.15, 0.2) is 5.78 Å². The van der Waals surface area contributed by atoms with Gasteiger partial charge < -0.3 is 0 Å². The fourth-order valence-corrected chi connectivity index (χ4v) is 2.01. The van der Waals surface area contributed by atoms with Crippen molar-refractivity contribution in [3.05, 3.63) is 70.0 Å². The third-order valence-corrected chi connectivity index (χ3v) is 3.05. The second kappa shape index (κ2) is 4.73. The molecule has 92 valence electrons. The number of ketones is 1. The van der Waals surface area contributed by atoms with Gasteiger partial charge in [-0.1, -0.05) is 23.8 Å². The zero-order chi connectivity index (χ0) is 13.3. The molecule has 0 atom stereocenters. The van der Waals surface area contributed by atoms with E-state index >= 15 is 0 Å². The number of halogens is 1. The Morgan fingerprint density at radius 1 is 0.944 bits per heavy atom. The first-order valence-corrected chi connectivity index (χ1v) is 5.87. The first kappa shape index (κ1) is 12.5. The Hall–Kier alpha value is -1.96. The van der Waals surface area contributed by atoms with Gasteiger partial charge in [0.2, 0.25) is 0 Å². The lowest BCUT2D eigenvalue weighted by Crippen LogP contribution is -2.04. The lowest BCUT2D eigenvalue weighted by Gasteiger charge is -2.07. The first-order valence-electron chi connectivity index (χ1n) is 5.87. The first-order chi connectivity index (χ1) is 8.49. The summed E-state index contributed by atoms with van der Waals surface area (Å²) in [4.78, 5) is 12.3. The van der Waals surface area contributed by atoms with Crippen LogP contribution in [-0.4, -0.2) is 5.78 Å². The highest BCUT2D eigenvalue weighted by molar-refractivity contribution is 6.10. The number of benzene rings is 2. The summed E-state index contributed by atoms with van der Waals surface area (Å²) >= 11 is 0. The number of carbonyl (C=O) groups excluding carboxylic acids is 1. The Bertz CT molecular complexity index is 614. The standard InChI is InChI=1S/C16H15FO/c1-10-4-6-14(11(2)8-10)16(18)13-5-7-15(17)12(3)9-13/h4-9H,1-3H3. The lowest BCUT2D eigenvalue weighted by atomic mass is 9.97. The Labute approximate surface area is 106 Å². The van der Waals surface area contributed by atoms with Gasteiger partial charge in [-0.2, -0.15) is 0 Å². The van der Waals surface area contributed by atoms with E-state index in [1.165, 1.54) is 12.1 Å². The minimum Gasteiger partial charge on any atom is -0.289 e. The van der Waals surface area contributed by atoms with Crippen LogP contribution in [0, 0.1) is 26.6 Å². The number of hydrogen-bond donors (Lipinski definition) is 0. The monoisotopic (exact) mass is 242 g/mol. The molecule has 0 aromatic heterocycles. The van der Waals surface area contributed by atoms with Gasteiger partial charge in [-0.3, -0.25) is 4.79 Å². The molecule has 0 aliphatic rings. The molecule has 0 fully saturated rings. The van der Waals surface area contributed by atoms with Crippen LogP contribution >= 0.6 is 0 Å². The third kappa shape index (κ3) is 2.33. The van der Waals surface area contributed by atoms with Crippen LogP contribution in [0.25, 0.3) is 0 Å². The van der Waals surface area contributed by atoms with E-state index in [4.69, 9.17) is 0 Å². The molecule has 0 bridgehead atoms. The molecular weight excluding hydrogens is 227 g/mol. The van der Waals surface area contributed by atoms with E-state index in [0.29, 0.717) is 16.7 Å². The number of hydrogen-bond acceptors (Lipinski definition) is 1. The van der Waals surface area contributed by atoms with E-state index in [0.717, 1.165) is 11.1 Å². The van der Waals surface area contributed by atoms with Gasteiger partial charge in [-0.05, 0) is 50.1 Å². The highest BCUT2D eigenvalue weighted by atomic mass is 19.1. The van der Waals surface area contributed by atoms with E-state index in [2.05, 4.69) is 0 Å². The molecule has 0 unspecified atom stereocenters. The number of aryl methyl sites for hydroxylation is 3. The van der Waals surface area contributed by atoms with Crippen molar-refractivity contribution in [3.63, 3.8) is 0 Å². The topological polar surface area (TPSA) is 17.1 Å². The molecule has 18 heavy (non-hydrogen) atoms. The molecule has 0 aliphatic carbocycles. The van der Waals surface area contributed by atoms with Crippen molar-refractivity contribution in [2.24, 2.45) is 0 Å². The van der Waals surface area contributed by atoms with Crippen molar-refractivity contribution < 1.29 is 9.18 Å². The minimum absolute atomic E-state index is 0.0596. The van der Waals surface area contributed by atoms with Gasteiger partial charge in [0.25, 0.3) is 0 Å². The largest absolute Gasteiger partial charge is 0.289 e. The predicted octanol–water partition coefficient (Wildman–Crippen LogP) is 3.98. The van der Waals surface area contributed by atoms with Crippen LogP contribution in [0.15, 0.2) is 36.4 Å². The van der Waals surface area contributed by atoms with Gasteiger partial charge in [0.1, 0.15) is 5.82 Å². The lowest BCUT2D eigenvalue weighted by molar-refractivity contribution is 0.103. The van der Waals surface area contributed by atoms with Crippen molar-refractivity contribution >= 4 is 5.78 Å². The number of carbonyl (C=O) groups is 1. The quantitative estimate of drug-likeness (QED) is 0.728. The zero-order valence-corrected chi connectivity index (χ0v) is 10.8. The summed E-state index contributed by atoms with van der Waals surface area (Å²) in [5, 5.41) is 0. The molecule has 0 N–H and O–H groups in total. The minimum atomic E-state index is -0.285. The maximum Gasteiger partial charge on any atom is 0.193 e. The average molecular weight is 242 g/mol. The van der Waals surface area contributed by atoms with Crippen molar-refractivity contribution in [2.45, 2.75) is 20.8 Å². The van der Waals surface area contributed by atoms with Crippen LogP contribution < -0.4 is 0 Å². The van der Waals surface area contributed by atoms with E-state index in [1.807, 2.05) is 32.0 Å². The summed E-state index contributed by atoms with van der Waals surface area (Å²) in [5.74, 6) is -0.345. The van der Waals surface area contributed by atoms with E-state index in [-0.39, 0.29) is 11.6 Å². The van der Waals surface area contributed by atoms with E-state index in [9.17, 15) is 9.18 Å². The Balaban J connectivity index is 2.44. The Kier molecular flexibility index (Phi) is 3.28. The molecule has 0 spiro atoms. The van der Waals surface area contributed by atoms with Gasteiger partial charge in [-0.25, -0.2) is 4.39 Å². The Morgan fingerprint density at radius 3 is 2.28 bits per heavy atom. The van der Waals surface area contributed by atoms with Crippen LogP contribution in [0.2, 0.25) is 0 Å². The summed E-state index contributed by atoms with van der Waals surface area (Å²) in [6.45, 7) is 5.56. The maximum atomic E-state index is 13.2. The molecule has 0 amide bonds. The van der Waals surface area contributed by atoms with Gasteiger partial charge in [-0.15, -0.1) is 0 Å². The van der Waals surface area contributed by atoms with Crippen LogP contribution in [0.1, 0.15) is 32.6 Å². The third-order valence-electron chi connectivity index (χ3n) is 3.05. The SMILES string of the molecule is Cc1ccc(C(=O)c2ccc(F)c(C)c2)c(C)c1. The normalized spacial score (nSPS) is 10.4. The molecule has 0 aliphatic heterocycles. The van der Waals surface area contributed by atoms with Crippen LogP contribution in [0.5, 0.6) is 0 Å². The van der Waals surface area contributed by atoms with Crippen LogP contribution in [0.4, 0.5) is 4.39 Å². The van der Waals surface area contributed by atoms with Gasteiger partial charge in [0, 0.05) is 11.1 Å². The van der Waals surface area contributed by atoms with Crippen molar-refractivity contribution in [1.29, 1.82) is 0 Å². The molecule has 2 rings (SSSR count). The van der Waals surface area contributed by atoms with Gasteiger partial charge in [0.05, 0.1) is 0 Å². The summed E-state index contributed by atoms with van der Waals surface area (Å²) in [6, 6.07) is 10.2. The second-order valence-corrected chi connectivity index (χ2v) is 4.61. The molecule has 0 radical (unpaired) electrons. The molecule has 1 nitrogen and oxygen atoms in total. The summed E-state index contributed by atoms with van der Waals surface area (Å²) in [7, 11) is 0. The molecule has 2 aromatic carbocycles. The maximum absolute atomic E-state index is 13.2. The molecular formula is C16H15FO. The molecule has 0 heterocycles. The van der Waals surface area contributed by atoms with Crippen molar-refractivity contribution in [3.8, 4) is 0 Å². The highest BCUT2D eigenvalue weighted by Crippen LogP contribution is 2.17. The summed E-state index contributed by atoms with van der Waals surface area (Å²) in [5.41, 5.74) is 3.76. The summed E-state index contributed by atoms with van der Waals surface area (Å²) < 4.78 is 13.2. The predicted molar refractivity (Wildman–Crippen MR) is 70.5 cm³/mol. The van der Waals surface area contributed by atoms with Gasteiger partial charge >= 0.3 is 0 Å². The molecule has 2 aromatic rings. The molecule has 0 saturated heterocycles. The Morgan fingerprint density at radius 2 is 1.67 bits per heavy atom. The zero-order valence-electron chi connectivity index (χ0n) is 10.8. The second-order valence-electron chi connectivity index (χ2n) is 4.61. The van der Waals surface area contributed by atoms with Crippen molar-refractivity contribution in [1.82, 2.24) is 0 Å². The smallest absolute Gasteiger partial charge is 0.193 e. The van der Waals surface area contributed by atoms with Crippen LogP contribution in [-0.2, 0) is 0 Å². The van der Waals surface area contributed by atoms with Crippen LogP contribution in [0.3, 0.4) is 0 Å². The fourth-order valence-electron chi connectivity index (χ4n) is 2.01. The fraction of sp³-hybridized carbons (Fsp3) is 0.188. The average Bonchev–Trinajstić information content (AvgIpc) is 2.32. The summed E-state index contributed by atoms with van der Waals surface area (Å²) in [6.07, 6.45) is 0.